The molecule has 2 heterocycles. The number of likely N-dealkylation sites (tertiary alicyclic amines) is 1. The van der Waals surface area contributed by atoms with E-state index in [0.29, 0.717) is 18.5 Å². The van der Waals surface area contributed by atoms with Crippen LogP contribution in [0.2, 0.25) is 0 Å². The summed E-state index contributed by atoms with van der Waals surface area (Å²) in [5.41, 5.74) is 0.552. The van der Waals surface area contributed by atoms with Gasteiger partial charge in [-0.05, 0) is 25.0 Å². The minimum atomic E-state index is -0.444. The van der Waals surface area contributed by atoms with Crippen LogP contribution in [0, 0.1) is 0 Å². The molecule has 1 saturated heterocycles. The zero-order chi connectivity index (χ0) is 12.3. The van der Waals surface area contributed by atoms with Crippen LogP contribution in [-0.4, -0.2) is 41.5 Å². The van der Waals surface area contributed by atoms with E-state index < -0.39 is 6.04 Å². The molecule has 1 aliphatic rings. The number of ether oxygens (including phenoxy) is 1. The highest BCUT2D eigenvalue weighted by Crippen LogP contribution is 2.20. The van der Waals surface area contributed by atoms with Crippen molar-refractivity contribution in [2.45, 2.75) is 18.9 Å². The molecule has 0 aromatic carbocycles. The van der Waals surface area contributed by atoms with Crippen LogP contribution in [0.5, 0.6) is 0 Å². The highest BCUT2D eigenvalue weighted by molar-refractivity contribution is 5.97. The summed E-state index contributed by atoms with van der Waals surface area (Å²) in [4.78, 5) is 29.1. The quantitative estimate of drug-likeness (QED) is 0.712. The third-order valence-electron chi connectivity index (χ3n) is 2.91. The highest BCUT2D eigenvalue weighted by Gasteiger charge is 2.35. The first-order chi connectivity index (χ1) is 8.24. The summed E-state index contributed by atoms with van der Waals surface area (Å²) in [6.07, 6.45) is 4.63. The van der Waals surface area contributed by atoms with Gasteiger partial charge in [0.05, 0.1) is 7.11 Å². The van der Waals surface area contributed by atoms with Crippen molar-refractivity contribution >= 4 is 11.9 Å². The van der Waals surface area contributed by atoms with Crippen LogP contribution in [0.15, 0.2) is 24.5 Å². The molecule has 0 saturated carbocycles. The Morgan fingerprint density at radius 3 is 2.76 bits per heavy atom. The zero-order valence-corrected chi connectivity index (χ0v) is 9.63. The van der Waals surface area contributed by atoms with E-state index >= 15 is 0 Å². The van der Waals surface area contributed by atoms with E-state index in [1.807, 2.05) is 0 Å². The number of nitrogens with zero attached hydrogens (tertiary/aromatic N) is 2. The molecule has 17 heavy (non-hydrogen) atoms. The number of pyridine rings is 1. The van der Waals surface area contributed by atoms with Gasteiger partial charge in [-0.15, -0.1) is 0 Å². The Bertz CT molecular complexity index is 419. The van der Waals surface area contributed by atoms with E-state index in [4.69, 9.17) is 4.74 Å². The van der Waals surface area contributed by atoms with E-state index in [1.165, 1.54) is 7.11 Å². The molecule has 0 N–H and O–H groups in total. The van der Waals surface area contributed by atoms with Crippen molar-refractivity contribution in [2.75, 3.05) is 13.7 Å². The largest absolute Gasteiger partial charge is 0.467 e. The molecule has 1 aliphatic heterocycles. The molecule has 0 radical (unpaired) electrons. The van der Waals surface area contributed by atoms with E-state index in [1.54, 1.807) is 29.4 Å². The number of carbonyl (C=O) groups is 2. The Morgan fingerprint density at radius 2 is 2.12 bits per heavy atom. The second-order valence-electron chi connectivity index (χ2n) is 3.92. The van der Waals surface area contributed by atoms with Gasteiger partial charge in [0, 0.05) is 24.5 Å². The Kier molecular flexibility index (Phi) is 3.37. The van der Waals surface area contributed by atoms with Crippen molar-refractivity contribution in [1.29, 1.82) is 0 Å². The van der Waals surface area contributed by atoms with Gasteiger partial charge in [-0.3, -0.25) is 9.78 Å². The van der Waals surface area contributed by atoms with Crippen LogP contribution < -0.4 is 0 Å². The number of hydrogen-bond donors (Lipinski definition) is 0. The van der Waals surface area contributed by atoms with Crippen LogP contribution in [-0.2, 0) is 9.53 Å². The predicted octanol–water partition coefficient (Wildman–Crippen LogP) is 0.859. The van der Waals surface area contributed by atoms with Crippen molar-refractivity contribution < 1.29 is 14.3 Å². The lowest BCUT2D eigenvalue weighted by Gasteiger charge is -2.22. The first-order valence-corrected chi connectivity index (χ1v) is 5.53. The minimum absolute atomic E-state index is 0.139. The van der Waals surface area contributed by atoms with Crippen molar-refractivity contribution in [3.8, 4) is 0 Å². The number of aromatic nitrogens is 1. The van der Waals surface area contributed by atoms with Gasteiger partial charge < -0.3 is 9.64 Å². The molecule has 0 aliphatic carbocycles. The summed E-state index contributed by atoms with van der Waals surface area (Å²) in [5.74, 6) is -0.481. The van der Waals surface area contributed by atoms with Crippen LogP contribution in [0.3, 0.4) is 0 Å². The van der Waals surface area contributed by atoms with Crippen molar-refractivity contribution in [3.63, 3.8) is 0 Å². The summed E-state index contributed by atoms with van der Waals surface area (Å²) in [6.45, 7) is 0.598. The van der Waals surface area contributed by atoms with E-state index in [9.17, 15) is 9.59 Å². The molecule has 1 aromatic rings. The van der Waals surface area contributed by atoms with Gasteiger partial charge in [0.2, 0.25) is 0 Å². The molecule has 90 valence electrons. The minimum Gasteiger partial charge on any atom is -0.467 e. The molecule has 2 rings (SSSR count). The monoisotopic (exact) mass is 234 g/mol. The maximum absolute atomic E-state index is 12.2. The smallest absolute Gasteiger partial charge is 0.328 e. The number of carbonyl (C=O) groups excluding carboxylic acids is 2. The zero-order valence-electron chi connectivity index (χ0n) is 9.63. The fourth-order valence-electron chi connectivity index (χ4n) is 2.05. The molecular weight excluding hydrogens is 220 g/mol. The average molecular weight is 234 g/mol. The Balaban J connectivity index is 2.17. The fraction of sp³-hybridized carbons (Fsp3) is 0.417. The Hall–Kier alpha value is -1.91. The summed E-state index contributed by atoms with van der Waals surface area (Å²) in [6, 6.07) is 2.85. The SMILES string of the molecule is COC(=O)C1CCCN1C(=O)c1ccncc1. The van der Waals surface area contributed by atoms with Gasteiger partial charge in [-0.1, -0.05) is 0 Å². The Labute approximate surface area is 99.4 Å². The maximum Gasteiger partial charge on any atom is 0.328 e. The van der Waals surface area contributed by atoms with Crippen LogP contribution >= 0.6 is 0 Å². The van der Waals surface area contributed by atoms with Gasteiger partial charge >= 0.3 is 5.97 Å². The summed E-state index contributed by atoms with van der Waals surface area (Å²) in [7, 11) is 1.34. The van der Waals surface area contributed by atoms with Gasteiger partial charge in [-0.2, -0.15) is 0 Å². The molecular formula is C12H14N2O3. The first kappa shape index (κ1) is 11.6. The average Bonchev–Trinajstić information content (AvgIpc) is 2.87. The number of amides is 1. The molecule has 0 bridgehead atoms. The van der Waals surface area contributed by atoms with Gasteiger partial charge in [0.15, 0.2) is 0 Å². The van der Waals surface area contributed by atoms with Gasteiger partial charge in [0.25, 0.3) is 5.91 Å². The number of rotatable bonds is 2. The molecule has 1 unspecified atom stereocenters. The molecule has 5 nitrogen and oxygen atoms in total. The number of hydrogen-bond acceptors (Lipinski definition) is 4. The van der Waals surface area contributed by atoms with Gasteiger partial charge in [0.1, 0.15) is 6.04 Å². The topological polar surface area (TPSA) is 59.5 Å². The molecule has 5 heteroatoms. The van der Waals surface area contributed by atoms with Crippen LogP contribution in [0.25, 0.3) is 0 Å². The van der Waals surface area contributed by atoms with E-state index in [-0.39, 0.29) is 11.9 Å². The fourth-order valence-corrected chi connectivity index (χ4v) is 2.05. The second kappa shape index (κ2) is 4.95. The normalized spacial score (nSPS) is 19.1. The molecule has 1 atom stereocenters. The Morgan fingerprint density at radius 1 is 1.41 bits per heavy atom. The third-order valence-corrected chi connectivity index (χ3v) is 2.91. The predicted molar refractivity (Wildman–Crippen MR) is 60.3 cm³/mol. The molecule has 1 aromatic heterocycles. The summed E-state index contributed by atoms with van der Waals surface area (Å²) < 4.78 is 4.71. The van der Waals surface area contributed by atoms with Crippen molar-refractivity contribution in [1.82, 2.24) is 9.88 Å². The maximum atomic E-state index is 12.2. The van der Waals surface area contributed by atoms with Crippen molar-refractivity contribution in [2.24, 2.45) is 0 Å². The molecule has 1 fully saturated rings. The lowest BCUT2D eigenvalue weighted by atomic mass is 10.2. The third kappa shape index (κ3) is 2.27. The first-order valence-electron chi connectivity index (χ1n) is 5.53. The lowest BCUT2D eigenvalue weighted by Crippen LogP contribution is -2.41. The molecule has 0 spiro atoms. The second-order valence-corrected chi connectivity index (χ2v) is 3.92. The van der Waals surface area contributed by atoms with Crippen LogP contribution in [0.4, 0.5) is 0 Å². The number of methoxy groups -OCH3 is 1. The van der Waals surface area contributed by atoms with Crippen LogP contribution in [0.1, 0.15) is 23.2 Å². The van der Waals surface area contributed by atoms with E-state index in [2.05, 4.69) is 4.98 Å². The highest BCUT2D eigenvalue weighted by atomic mass is 16.5. The summed E-state index contributed by atoms with van der Waals surface area (Å²) in [5, 5.41) is 0. The standard InChI is InChI=1S/C12H14N2O3/c1-17-12(16)10-3-2-8-14(10)11(15)9-4-6-13-7-5-9/h4-7,10H,2-3,8H2,1H3. The summed E-state index contributed by atoms with van der Waals surface area (Å²) >= 11 is 0. The van der Waals surface area contributed by atoms with Crippen molar-refractivity contribution in [3.05, 3.63) is 30.1 Å². The van der Waals surface area contributed by atoms with E-state index in [0.717, 1.165) is 6.42 Å². The molecule has 1 amide bonds. The lowest BCUT2D eigenvalue weighted by molar-refractivity contribution is -0.145. The number of esters is 1. The van der Waals surface area contributed by atoms with Gasteiger partial charge in [-0.25, -0.2) is 4.79 Å².